The van der Waals surface area contributed by atoms with Crippen LogP contribution in [0.25, 0.3) is 0 Å². The number of nitrogens with zero attached hydrogens (tertiary/aromatic N) is 1. The lowest BCUT2D eigenvalue weighted by molar-refractivity contribution is -0.274. The van der Waals surface area contributed by atoms with Gasteiger partial charge in [-0.2, -0.15) is 0 Å². The van der Waals surface area contributed by atoms with Gasteiger partial charge in [-0.15, -0.1) is 13.2 Å². The Kier molecular flexibility index (Phi) is 6.46. The highest BCUT2D eigenvalue weighted by Crippen LogP contribution is 2.30. The van der Waals surface area contributed by atoms with Crippen molar-refractivity contribution in [1.82, 2.24) is 4.90 Å². The summed E-state index contributed by atoms with van der Waals surface area (Å²) in [6.45, 7) is 2.58. The topological polar surface area (TPSA) is 12.5 Å². The van der Waals surface area contributed by atoms with Crippen molar-refractivity contribution in [3.05, 3.63) is 64.1 Å². The van der Waals surface area contributed by atoms with Gasteiger partial charge in [-0.3, -0.25) is 4.90 Å². The van der Waals surface area contributed by atoms with Crippen LogP contribution in [0.15, 0.2) is 53.0 Å². The van der Waals surface area contributed by atoms with Crippen LogP contribution in [-0.2, 0) is 0 Å². The second-order valence-corrected chi connectivity index (χ2v) is 7.40. The number of likely N-dealkylation sites (tertiary alicyclic amines) is 1. The van der Waals surface area contributed by atoms with E-state index in [4.69, 9.17) is 0 Å². The highest BCUT2D eigenvalue weighted by molar-refractivity contribution is 9.10. The molecule has 0 atom stereocenters. The fourth-order valence-electron chi connectivity index (χ4n) is 3.19. The summed E-state index contributed by atoms with van der Waals surface area (Å²) in [5.74, 6) is 6.57. The van der Waals surface area contributed by atoms with Crippen LogP contribution in [0.2, 0.25) is 0 Å². The molecule has 0 amide bonds. The minimum Gasteiger partial charge on any atom is -0.406 e. The van der Waals surface area contributed by atoms with Gasteiger partial charge in [0, 0.05) is 10.0 Å². The zero-order valence-electron chi connectivity index (χ0n) is 14.6. The normalized spacial score (nSPS) is 15.9. The molecular weight excluding hydrogens is 419 g/mol. The maximum absolute atomic E-state index is 12.2. The maximum atomic E-state index is 12.2. The van der Waals surface area contributed by atoms with E-state index in [-0.39, 0.29) is 5.75 Å². The average Bonchev–Trinajstić information content (AvgIpc) is 2.62. The molecule has 0 saturated carbocycles. The molecule has 142 valence electrons. The molecule has 1 heterocycles. The van der Waals surface area contributed by atoms with Gasteiger partial charge in [-0.25, -0.2) is 0 Å². The van der Waals surface area contributed by atoms with Crippen LogP contribution in [0, 0.1) is 11.8 Å². The summed E-state index contributed by atoms with van der Waals surface area (Å²) in [5, 5.41) is 0. The number of hydrogen-bond acceptors (Lipinski definition) is 2. The lowest BCUT2D eigenvalue weighted by atomic mass is 9.89. The van der Waals surface area contributed by atoms with Gasteiger partial charge in [-0.05, 0) is 67.7 Å². The fraction of sp³-hybridized carbons (Fsp3) is 0.333. The predicted octanol–water partition coefficient (Wildman–Crippen LogP) is 5.58. The van der Waals surface area contributed by atoms with Gasteiger partial charge < -0.3 is 4.74 Å². The quantitative estimate of drug-likeness (QED) is 0.581. The van der Waals surface area contributed by atoms with Crippen LogP contribution < -0.4 is 4.74 Å². The van der Waals surface area contributed by atoms with Gasteiger partial charge in [0.1, 0.15) is 5.75 Å². The highest BCUT2D eigenvalue weighted by Gasteiger charge is 2.31. The largest absolute Gasteiger partial charge is 0.573 e. The first-order valence-electron chi connectivity index (χ1n) is 8.71. The summed E-state index contributed by atoms with van der Waals surface area (Å²) in [6.07, 6.45) is -2.71. The molecule has 6 heteroatoms. The minimum absolute atomic E-state index is 0.175. The summed E-state index contributed by atoms with van der Waals surface area (Å²) in [7, 11) is 0. The van der Waals surface area contributed by atoms with E-state index in [1.807, 2.05) is 24.3 Å². The standard InChI is InChI=1S/C21H19BrF3NO/c22-19-5-1-3-16(15-19)4-2-12-26-13-10-18(11-14-26)17-6-8-20(9-7-17)27-21(23,24)25/h1,3,5-9,15,18H,10-14H2. The number of halogens is 4. The van der Waals surface area contributed by atoms with Crippen LogP contribution in [0.4, 0.5) is 13.2 Å². The number of rotatable bonds is 3. The molecule has 27 heavy (non-hydrogen) atoms. The first-order chi connectivity index (χ1) is 12.9. The summed E-state index contributed by atoms with van der Waals surface area (Å²) in [4.78, 5) is 2.31. The number of benzene rings is 2. The molecule has 2 aromatic carbocycles. The Labute approximate surface area is 165 Å². The molecule has 1 aliphatic rings. The first-order valence-corrected chi connectivity index (χ1v) is 9.51. The number of alkyl halides is 3. The molecule has 0 radical (unpaired) electrons. The Morgan fingerprint density at radius 1 is 1.07 bits per heavy atom. The lowest BCUT2D eigenvalue weighted by Crippen LogP contribution is -2.33. The Morgan fingerprint density at radius 3 is 2.41 bits per heavy atom. The summed E-state index contributed by atoms with van der Waals surface area (Å²) < 4.78 is 41.6. The van der Waals surface area contributed by atoms with Gasteiger partial charge in [0.25, 0.3) is 0 Å². The molecule has 0 N–H and O–H groups in total. The molecule has 0 aliphatic carbocycles. The van der Waals surface area contributed by atoms with E-state index in [1.165, 1.54) is 12.1 Å². The SMILES string of the molecule is FC(F)(F)Oc1ccc(C2CCN(CC#Cc3cccc(Br)c3)CC2)cc1. The van der Waals surface area contributed by atoms with Crippen LogP contribution in [0.3, 0.4) is 0 Å². The zero-order chi connectivity index (χ0) is 19.3. The van der Waals surface area contributed by atoms with Gasteiger partial charge in [0.05, 0.1) is 6.54 Å². The smallest absolute Gasteiger partial charge is 0.406 e. The lowest BCUT2D eigenvalue weighted by Gasteiger charge is -2.30. The molecular formula is C21H19BrF3NO. The number of piperidine rings is 1. The van der Waals surface area contributed by atoms with Gasteiger partial charge in [0.15, 0.2) is 0 Å². The molecule has 3 rings (SSSR count). The molecule has 0 spiro atoms. The third-order valence-electron chi connectivity index (χ3n) is 4.53. The van der Waals surface area contributed by atoms with Crippen LogP contribution in [0.5, 0.6) is 5.75 Å². The van der Waals surface area contributed by atoms with Crippen molar-refractivity contribution >= 4 is 15.9 Å². The fourth-order valence-corrected chi connectivity index (χ4v) is 3.58. The Hall–Kier alpha value is -1.97. The van der Waals surface area contributed by atoms with Crippen LogP contribution in [-0.4, -0.2) is 30.9 Å². The molecule has 1 aliphatic heterocycles. The van der Waals surface area contributed by atoms with E-state index in [1.54, 1.807) is 12.1 Å². The van der Waals surface area contributed by atoms with Crippen molar-refractivity contribution in [2.24, 2.45) is 0 Å². The second-order valence-electron chi connectivity index (χ2n) is 6.48. The minimum atomic E-state index is -4.65. The van der Waals surface area contributed by atoms with E-state index >= 15 is 0 Å². The van der Waals surface area contributed by atoms with E-state index in [0.717, 1.165) is 48.1 Å². The van der Waals surface area contributed by atoms with Crippen molar-refractivity contribution in [3.8, 4) is 17.6 Å². The summed E-state index contributed by atoms with van der Waals surface area (Å²) in [6, 6.07) is 14.1. The average molecular weight is 438 g/mol. The molecule has 1 saturated heterocycles. The third kappa shape index (κ3) is 6.30. The number of ether oxygens (including phenoxy) is 1. The van der Waals surface area contributed by atoms with Gasteiger partial charge >= 0.3 is 6.36 Å². The molecule has 2 nitrogen and oxygen atoms in total. The third-order valence-corrected chi connectivity index (χ3v) is 5.03. The Balaban J connectivity index is 1.49. The Morgan fingerprint density at radius 2 is 1.78 bits per heavy atom. The van der Waals surface area contributed by atoms with Crippen molar-refractivity contribution in [1.29, 1.82) is 0 Å². The molecule has 0 bridgehead atoms. The van der Waals surface area contributed by atoms with Crippen LogP contribution >= 0.6 is 15.9 Å². The molecule has 0 aromatic heterocycles. The monoisotopic (exact) mass is 437 g/mol. The second kappa shape index (κ2) is 8.81. The summed E-state index contributed by atoms with van der Waals surface area (Å²) in [5.41, 5.74) is 2.05. The van der Waals surface area contributed by atoms with Crippen molar-refractivity contribution in [2.75, 3.05) is 19.6 Å². The number of hydrogen-bond donors (Lipinski definition) is 0. The zero-order valence-corrected chi connectivity index (χ0v) is 16.2. The van der Waals surface area contributed by atoms with Gasteiger partial charge in [0.2, 0.25) is 0 Å². The van der Waals surface area contributed by atoms with E-state index in [0.29, 0.717) is 5.92 Å². The predicted molar refractivity (Wildman–Crippen MR) is 103 cm³/mol. The Bertz CT molecular complexity index is 816. The molecule has 0 unspecified atom stereocenters. The van der Waals surface area contributed by atoms with Crippen LogP contribution in [0.1, 0.15) is 29.9 Å². The van der Waals surface area contributed by atoms with Crippen molar-refractivity contribution in [3.63, 3.8) is 0 Å². The van der Waals surface area contributed by atoms with Gasteiger partial charge in [-0.1, -0.05) is 46.0 Å². The maximum Gasteiger partial charge on any atom is 0.573 e. The van der Waals surface area contributed by atoms with E-state index in [2.05, 4.69) is 37.4 Å². The van der Waals surface area contributed by atoms with Crippen molar-refractivity contribution in [2.45, 2.75) is 25.1 Å². The molecule has 1 fully saturated rings. The first kappa shape index (κ1) is 19.8. The molecule has 2 aromatic rings. The van der Waals surface area contributed by atoms with E-state index in [9.17, 15) is 13.2 Å². The summed E-state index contributed by atoms with van der Waals surface area (Å²) >= 11 is 3.44. The van der Waals surface area contributed by atoms with Crippen molar-refractivity contribution < 1.29 is 17.9 Å². The van der Waals surface area contributed by atoms with E-state index < -0.39 is 6.36 Å². The highest BCUT2D eigenvalue weighted by atomic mass is 79.9.